The van der Waals surface area contributed by atoms with Crippen molar-refractivity contribution in [3.63, 3.8) is 0 Å². The fraction of sp³-hybridized carbons (Fsp3) is 0.550. The molecule has 120 valence electrons. The molecular weight excluding hydrogens is 254 g/mol. The topological polar surface area (TPSA) is 12.9 Å². The van der Waals surface area contributed by atoms with Crippen molar-refractivity contribution >= 4 is 12.2 Å². The number of aryl methyl sites for hydroxylation is 1. The maximum Gasteiger partial charge on any atom is 0.0699 e. The average molecular weight is 290 g/mol. The van der Waals surface area contributed by atoms with Crippen molar-refractivity contribution in [3.8, 4) is 0 Å². The SMILES string of the molecule is C=Cc1cc(C(C)(C)C(C)C)c(C)nc1C=C.CC.CC. The monoisotopic (exact) mass is 289 g/mol. The molecule has 0 spiro atoms. The molecule has 0 saturated carbocycles. The second-order valence-corrected chi connectivity index (χ2v) is 5.38. The second kappa shape index (κ2) is 10.4. The van der Waals surface area contributed by atoms with E-state index in [1.807, 2.05) is 33.8 Å². The zero-order chi connectivity index (χ0) is 17.2. The zero-order valence-electron chi connectivity index (χ0n) is 15.7. The number of hydrogen-bond acceptors (Lipinski definition) is 1. The normalized spacial score (nSPS) is 10.0. The van der Waals surface area contributed by atoms with Crippen molar-refractivity contribution in [2.24, 2.45) is 5.92 Å². The fourth-order valence-corrected chi connectivity index (χ4v) is 1.93. The van der Waals surface area contributed by atoms with Gasteiger partial charge >= 0.3 is 0 Å². The number of rotatable bonds is 4. The summed E-state index contributed by atoms with van der Waals surface area (Å²) in [4.78, 5) is 4.62. The van der Waals surface area contributed by atoms with Gasteiger partial charge in [0.2, 0.25) is 0 Å². The van der Waals surface area contributed by atoms with E-state index in [0.717, 1.165) is 17.0 Å². The van der Waals surface area contributed by atoms with Crippen LogP contribution in [0.25, 0.3) is 12.2 Å². The van der Waals surface area contributed by atoms with Gasteiger partial charge in [0.05, 0.1) is 5.69 Å². The van der Waals surface area contributed by atoms with E-state index < -0.39 is 0 Å². The Balaban J connectivity index is 0. The predicted molar refractivity (Wildman–Crippen MR) is 99.7 cm³/mol. The minimum absolute atomic E-state index is 0.120. The maximum absolute atomic E-state index is 4.62. The molecule has 0 aliphatic rings. The Morgan fingerprint density at radius 3 is 1.86 bits per heavy atom. The number of aromatic nitrogens is 1. The smallest absolute Gasteiger partial charge is 0.0699 e. The fourth-order valence-electron chi connectivity index (χ4n) is 1.93. The molecule has 0 saturated heterocycles. The Morgan fingerprint density at radius 1 is 1.05 bits per heavy atom. The highest BCUT2D eigenvalue weighted by Gasteiger charge is 2.27. The van der Waals surface area contributed by atoms with Crippen LogP contribution in [0.5, 0.6) is 0 Å². The molecule has 0 N–H and O–H groups in total. The molecule has 21 heavy (non-hydrogen) atoms. The molecular formula is C20H35N. The van der Waals surface area contributed by atoms with E-state index in [2.05, 4.69) is 58.8 Å². The highest BCUT2D eigenvalue weighted by atomic mass is 14.7. The number of hydrogen-bond donors (Lipinski definition) is 0. The van der Waals surface area contributed by atoms with Crippen molar-refractivity contribution in [1.82, 2.24) is 4.98 Å². The van der Waals surface area contributed by atoms with E-state index in [9.17, 15) is 0 Å². The first-order chi connectivity index (χ1) is 9.84. The van der Waals surface area contributed by atoms with Crippen LogP contribution in [-0.4, -0.2) is 4.98 Å². The molecule has 1 heterocycles. The predicted octanol–water partition coefficient (Wildman–Crippen LogP) is 6.66. The first-order valence-electron chi connectivity index (χ1n) is 8.11. The van der Waals surface area contributed by atoms with Gasteiger partial charge in [0.1, 0.15) is 0 Å². The highest BCUT2D eigenvalue weighted by Crippen LogP contribution is 2.34. The van der Waals surface area contributed by atoms with Gasteiger partial charge in [-0.3, -0.25) is 4.98 Å². The van der Waals surface area contributed by atoms with Gasteiger partial charge in [0.15, 0.2) is 0 Å². The lowest BCUT2D eigenvalue weighted by Gasteiger charge is -2.31. The molecule has 0 aliphatic carbocycles. The third kappa shape index (κ3) is 5.49. The summed E-state index contributed by atoms with van der Waals surface area (Å²) in [6.45, 7) is 26.7. The van der Waals surface area contributed by atoms with Gasteiger partial charge in [-0.15, -0.1) is 0 Å². The summed E-state index contributed by atoms with van der Waals surface area (Å²) in [5, 5.41) is 0. The lowest BCUT2D eigenvalue weighted by molar-refractivity contribution is 0.369. The van der Waals surface area contributed by atoms with Crippen molar-refractivity contribution in [3.05, 3.63) is 41.7 Å². The van der Waals surface area contributed by atoms with Gasteiger partial charge in [0, 0.05) is 5.69 Å². The van der Waals surface area contributed by atoms with Crippen LogP contribution in [0.4, 0.5) is 0 Å². The van der Waals surface area contributed by atoms with Crippen molar-refractivity contribution in [2.75, 3.05) is 0 Å². The lowest BCUT2D eigenvalue weighted by Crippen LogP contribution is -2.26. The van der Waals surface area contributed by atoms with Crippen LogP contribution in [0, 0.1) is 12.8 Å². The van der Waals surface area contributed by atoms with Crippen LogP contribution in [0.2, 0.25) is 0 Å². The lowest BCUT2D eigenvalue weighted by atomic mass is 9.74. The van der Waals surface area contributed by atoms with E-state index in [0.29, 0.717) is 5.92 Å². The molecule has 1 aromatic heterocycles. The van der Waals surface area contributed by atoms with E-state index in [1.165, 1.54) is 5.56 Å². The number of nitrogens with zero attached hydrogens (tertiary/aromatic N) is 1. The third-order valence-corrected chi connectivity index (χ3v) is 3.82. The molecule has 1 aromatic rings. The summed E-state index contributed by atoms with van der Waals surface area (Å²) in [7, 11) is 0. The Bertz CT molecular complexity index is 439. The molecule has 0 bridgehead atoms. The van der Waals surface area contributed by atoms with E-state index >= 15 is 0 Å². The molecule has 0 amide bonds. The van der Waals surface area contributed by atoms with Gasteiger partial charge in [-0.05, 0) is 41.5 Å². The highest BCUT2D eigenvalue weighted by molar-refractivity contribution is 5.62. The Kier molecular flexibility index (Phi) is 10.8. The molecule has 1 nitrogen and oxygen atoms in total. The van der Waals surface area contributed by atoms with Crippen LogP contribution in [0.1, 0.15) is 77.9 Å². The molecule has 0 radical (unpaired) electrons. The van der Waals surface area contributed by atoms with Crippen LogP contribution < -0.4 is 0 Å². The van der Waals surface area contributed by atoms with Gasteiger partial charge in [-0.1, -0.05) is 74.6 Å². The van der Waals surface area contributed by atoms with E-state index in [-0.39, 0.29) is 5.41 Å². The zero-order valence-corrected chi connectivity index (χ0v) is 15.7. The van der Waals surface area contributed by atoms with Crippen LogP contribution in [0.3, 0.4) is 0 Å². The Morgan fingerprint density at radius 2 is 1.52 bits per heavy atom. The Labute approximate surface area is 133 Å². The average Bonchev–Trinajstić information content (AvgIpc) is 2.50. The molecule has 0 fully saturated rings. The molecule has 0 aromatic carbocycles. The molecule has 0 aliphatic heterocycles. The molecule has 0 unspecified atom stereocenters. The largest absolute Gasteiger partial charge is 0.253 e. The van der Waals surface area contributed by atoms with Crippen LogP contribution in [0.15, 0.2) is 19.2 Å². The Hall–Kier alpha value is -1.37. The van der Waals surface area contributed by atoms with Gasteiger partial charge in [-0.25, -0.2) is 0 Å². The first-order valence-corrected chi connectivity index (χ1v) is 8.11. The van der Waals surface area contributed by atoms with Crippen molar-refractivity contribution in [2.45, 2.75) is 67.7 Å². The quantitative estimate of drug-likeness (QED) is 0.603. The van der Waals surface area contributed by atoms with E-state index in [1.54, 1.807) is 6.08 Å². The molecule has 0 atom stereocenters. The summed E-state index contributed by atoms with van der Waals surface area (Å²) in [5.41, 5.74) is 4.49. The minimum atomic E-state index is 0.120. The first kappa shape index (κ1) is 21.9. The summed E-state index contributed by atoms with van der Waals surface area (Å²) < 4.78 is 0. The van der Waals surface area contributed by atoms with Crippen LogP contribution in [-0.2, 0) is 5.41 Å². The third-order valence-electron chi connectivity index (χ3n) is 3.82. The van der Waals surface area contributed by atoms with Crippen molar-refractivity contribution < 1.29 is 0 Å². The van der Waals surface area contributed by atoms with Gasteiger partial charge in [-0.2, -0.15) is 0 Å². The van der Waals surface area contributed by atoms with E-state index in [4.69, 9.17) is 0 Å². The van der Waals surface area contributed by atoms with Gasteiger partial charge < -0.3 is 0 Å². The maximum atomic E-state index is 4.62. The summed E-state index contributed by atoms with van der Waals surface area (Å²) in [6.07, 6.45) is 3.64. The minimum Gasteiger partial charge on any atom is -0.253 e. The van der Waals surface area contributed by atoms with Crippen LogP contribution >= 0.6 is 0 Å². The molecule has 1 rings (SSSR count). The molecule has 1 heteroatoms. The summed E-state index contributed by atoms with van der Waals surface area (Å²) >= 11 is 0. The summed E-state index contributed by atoms with van der Waals surface area (Å²) in [6, 6.07) is 2.20. The summed E-state index contributed by atoms with van der Waals surface area (Å²) in [5.74, 6) is 0.565. The number of pyridine rings is 1. The second-order valence-electron chi connectivity index (χ2n) is 5.38. The standard InChI is InChI=1S/C16H23N.2C2H6/c1-8-13-10-14(16(6,7)11(3)4)12(5)17-15(13)9-2;2*1-2/h8-11H,1-2H2,3-7H3;2*1-2H3. The van der Waals surface area contributed by atoms with Gasteiger partial charge in [0.25, 0.3) is 0 Å². The van der Waals surface area contributed by atoms with Crippen molar-refractivity contribution in [1.29, 1.82) is 0 Å².